The molecule has 0 amide bonds. The summed E-state index contributed by atoms with van der Waals surface area (Å²) in [6.07, 6.45) is 2.77. The van der Waals surface area contributed by atoms with E-state index in [0.717, 1.165) is 44.3 Å². The maximum atomic E-state index is 12.1. The van der Waals surface area contributed by atoms with Crippen molar-refractivity contribution >= 4 is 29.0 Å². The third-order valence-corrected chi connectivity index (χ3v) is 6.80. The molecule has 2 heterocycles. The minimum absolute atomic E-state index is 0.312. The Balaban J connectivity index is 1.43. The van der Waals surface area contributed by atoms with E-state index in [1.807, 2.05) is 63.2 Å². The van der Waals surface area contributed by atoms with Crippen LogP contribution >= 0.6 is 11.5 Å². The molecule has 188 valence electrons. The number of hydrogen-bond acceptors (Lipinski definition) is 8. The molecule has 0 radical (unpaired) electrons. The van der Waals surface area contributed by atoms with Crippen LogP contribution in [0.4, 0.5) is 11.5 Å². The van der Waals surface area contributed by atoms with Crippen LogP contribution in [0.25, 0.3) is 10.6 Å². The van der Waals surface area contributed by atoms with E-state index in [0.29, 0.717) is 30.8 Å². The molecular formula is C28H28N6O2S. The average molecular weight is 513 g/mol. The fraction of sp³-hybridized carbons (Fsp3) is 0.250. The van der Waals surface area contributed by atoms with Crippen molar-refractivity contribution < 1.29 is 9.90 Å². The molecule has 0 saturated carbocycles. The Kier molecular flexibility index (Phi) is 8.11. The molecule has 0 saturated heterocycles. The Morgan fingerprint density at radius 3 is 2.62 bits per heavy atom. The summed E-state index contributed by atoms with van der Waals surface area (Å²) in [7, 11) is 0. The molecule has 0 spiro atoms. The van der Waals surface area contributed by atoms with E-state index in [1.165, 1.54) is 11.5 Å². The number of aryl methyl sites for hydroxylation is 3. The third kappa shape index (κ3) is 6.48. The van der Waals surface area contributed by atoms with Gasteiger partial charge in [-0.25, -0.2) is 14.8 Å². The van der Waals surface area contributed by atoms with Crippen molar-refractivity contribution in [2.24, 2.45) is 0 Å². The number of nitriles is 1. The Labute approximate surface area is 220 Å². The van der Waals surface area contributed by atoms with Crippen molar-refractivity contribution in [2.45, 2.75) is 46.2 Å². The van der Waals surface area contributed by atoms with Crippen molar-refractivity contribution in [1.29, 1.82) is 5.26 Å². The number of benzene rings is 2. The molecule has 0 fully saturated rings. The van der Waals surface area contributed by atoms with Crippen molar-refractivity contribution in [3.8, 4) is 16.6 Å². The van der Waals surface area contributed by atoms with Crippen LogP contribution in [0.2, 0.25) is 0 Å². The summed E-state index contributed by atoms with van der Waals surface area (Å²) >= 11 is 1.33. The van der Waals surface area contributed by atoms with Gasteiger partial charge in [0.1, 0.15) is 16.9 Å². The normalized spacial score (nSPS) is 11.5. The summed E-state index contributed by atoms with van der Waals surface area (Å²) in [5.74, 6) is 0.538. The summed E-state index contributed by atoms with van der Waals surface area (Å²) in [6.45, 7) is 6.37. The van der Waals surface area contributed by atoms with Crippen molar-refractivity contribution in [3.63, 3.8) is 0 Å². The van der Waals surface area contributed by atoms with Crippen LogP contribution in [-0.4, -0.2) is 31.5 Å². The number of carboxylic acid groups (broad SMARTS) is 1. The molecule has 0 bridgehead atoms. The molecule has 4 rings (SSSR count). The van der Waals surface area contributed by atoms with E-state index in [4.69, 9.17) is 0 Å². The number of nitrogens with zero attached hydrogens (tertiary/aromatic N) is 4. The molecule has 1 atom stereocenters. The second-order valence-corrected chi connectivity index (χ2v) is 9.57. The standard InChI is InChI=1S/C28H28N6O2S/c1-4-21-13-20(15-29)12-18(3)26(21)32-23(28(35)36)14-19-5-7-22(8-6-19)27-33-25(34-37-27)16-31-24-11-17(2)9-10-30-24/h5-13,23,32H,4,14,16H2,1-3H3,(H,30,31)(H,35,36). The fourth-order valence-electron chi connectivity index (χ4n) is 4.05. The van der Waals surface area contributed by atoms with Crippen LogP contribution < -0.4 is 10.6 Å². The lowest BCUT2D eigenvalue weighted by atomic mass is 9.99. The van der Waals surface area contributed by atoms with Gasteiger partial charge in [0.15, 0.2) is 5.82 Å². The predicted molar refractivity (Wildman–Crippen MR) is 146 cm³/mol. The van der Waals surface area contributed by atoms with Crippen LogP contribution in [-0.2, 0) is 24.2 Å². The number of pyridine rings is 1. The zero-order chi connectivity index (χ0) is 26.4. The summed E-state index contributed by atoms with van der Waals surface area (Å²) in [5.41, 5.74) is 6.09. The highest BCUT2D eigenvalue weighted by Gasteiger charge is 2.20. The Morgan fingerprint density at radius 2 is 1.95 bits per heavy atom. The summed E-state index contributed by atoms with van der Waals surface area (Å²) in [6, 6.07) is 16.6. The van der Waals surface area contributed by atoms with Crippen LogP contribution in [0.15, 0.2) is 54.7 Å². The molecule has 3 N–H and O–H groups in total. The highest BCUT2D eigenvalue weighted by atomic mass is 32.1. The molecule has 0 aliphatic rings. The molecule has 9 heteroatoms. The van der Waals surface area contributed by atoms with Crippen LogP contribution in [0, 0.1) is 25.2 Å². The lowest BCUT2D eigenvalue weighted by molar-refractivity contribution is -0.137. The van der Waals surface area contributed by atoms with Crippen LogP contribution in [0.1, 0.15) is 40.6 Å². The Hall–Kier alpha value is -4.29. The van der Waals surface area contributed by atoms with Crippen LogP contribution in [0.5, 0.6) is 0 Å². The van der Waals surface area contributed by atoms with Gasteiger partial charge in [0.25, 0.3) is 0 Å². The first-order chi connectivity index (χ1) is 17.9. The Morgan fingerprint density at radius 1 is 1.16 bits per heavy atom. The number of hydrogen-bond donors (Lipinski definition) is 3. The summed E-state index contributed by atoms with van der Waals surface area (Å²) in [4.78, 5) is 21.0. The molecule has 8 nitrogen and oxygen atoms in total. The molecule has 1 unspecified atom stereocenters. The maximum absolute atomic E-state index is 12.1. The molecule has 0 aliphatic heterocycles. The average Bonchev–Trinajstić information content (AvgIpc) is 3.37. The van der Waals surface area contributed by atoms with E-state index in [2.05, 4.69) is 31.0 Å². The van der Waals surface area contributed by atoms with Gasteiger partial charge in [0.05, 0.1) is 18.2 Å². The number of rotatable bonds is 10. The minimum Gasteiger partial charge on any atom is -0.480 e. The van der Waals surface area contributed by atoms with E-state index in [9.17, 15) is 15.2 Å². The Bertz CT molecular complexity index is 1440. The SMILES string of the molecule is CCc1cc(C#N)cc(C)c1NC(Cc1ccc(-c2nc(CNc3cc(C)ccn3)ns2)cc1)C(=O)O. The lowest BCUT2D eigenvalue weighted by Crippen LogP contribution is -2.32. The molecular weight excluding hydrogens is 484 g/mol. The molecule has 2 aromatic carbocycles. The minimum atomic E-state index is -0.931. The molecule has 2 aromatic heterocycles. The van der Waals surface area contributed by atoms with Gasteiger partial charge in [-0.15, -0.1) is 0 Å². The van der Waals surface area contributed by atoms with E-state index in [-0.39, 0.29) is 0 Å². The largest absolute Gasteiger partial charge is 0.480 e. The molecule has 4 aromatic rings. The smallest absolute Gasteiger partial charge is 0.326 e. The molecule has 0 aliphatic carbocycles. The quantitative estimate of drug-likeness (QED) is 0.259. The van der Waals surface area contributed by atoms with Gasteiger partial charge in [-0.05, 0) is 78.3 Å². The molecule has 37 heavy (non-hydrogen) atoms. The monoisotopic (exact) mass is 512 g/mol. The van der Waals surface area contributed by atoms with E-state index >= 15 is 0 Å². The lowest BCUT2D eigenvalue weighted by Gasteiger charge is -2.20. The summed E-state index contributed by atoms with van der Waals surface area (Å²) in [5, 5.41) is 26.4. The highest BCUT2D eigenvalue weighted by molar-refractivity contribution is 7.09. The first-order valence-electron chi connectivity index (χ1n) is 12.0. The number of carboxylic acids is 1. The van der Waals surface area contributed by atoms with Crippen molar-refractivity contribution in [2.75, 3.05) is 10.6 Å². The zero-order valence-corrected chi connectivity index (χ0v) is 21.8. The van der Waals surface area contributed by atoms with Crippen LogP contribution in [0.3, 0.4) is 0 Å². The number of carbonyl (C=O) groups is 1. The zero-order valence-electron chi connectivity index (χ0n) is 20.9. The van der Waals surface area contributed by atoms with Gasteiger partial charge < -0.3 is 15.7 Å². The third-order valence-electron chi connectivity index (χ3n) is 6.00. The topological polar surface area (TPSA) is 124 Å². The summed E-state index contributed by atoms with van der Waals surface area (Å²) < 4.78 is 4.44. The van der Waals surface area contributed by atoms with Gasteiger partial charge >= 0.3 is 5.97 Å². The van der Waals surface area contributed by atoms with Gasteiger partial charge in [0, 0.05) is 23.9 Å². The number of aromatic nitrogens is 3. The highest BCUT2D eigenvalue weighted by Crippen LogP contribution is 2.26. The predicted octanol–water partition coefficient (Wildman–Crippen LogP) is 5.37. The van der Waals surface area contributed by atoms with E-state index in [1.54, 1.807) is 12.3 Å². The van der Waals surface area contributed by atoms with Gasteiger partial charge in [0.2, 0.25) is 0 Å². The van der Waals surface area contributed by atoms with Gasteiger partial charge in [-0.3, -0.25) is 0 Å². The van der Waals surface area contributed by atoms with Crippen molar-refractivity contribution in [3.05, 3.63) is 88.4 Å². The number of nitrogens with one attached hydrogen (secondary N) is 2. The van der Waals surface area contributed by atoms with E-state index < -0.39 is 12.0 Å². The second kappa shape index (κ2) is 11.6. The van der Waals surface area contributed by atoms with Gasteiger partial charge in [-0.1, -0.05) is 31.2 Å². The van der Waals surface area contributed by atoms with Gasteiger partial charge in [-0.2, -0.15) is 9.64 Å². The number of aliphatic carboxylic acids is 1. The second-order valence-electron chi connectivity index (χ2n) is 8.82. The first-order valence-corrected chi connectivity index (χ1v) is 12.7. The first kappa shape index (κ1) is 25.8. The maximum Gasteiger partial charge on any atom is 0.326 e. The number of anilines is 2. The fourth-order valence-corrected chi connectivity index (χ4v) is 4.73. The van der Waals surface area contributed by atoms with Crippen molar-refractivity contribution in [1.82, 2.24) is 14.3 Å².